The number of fused-ring (bicyclic) bond motifs is 8. The third kappa shape index (κ3) is 3.90. The maximum absolute atomic E-state index is 13.5. The van der Waals surface area contributed by atoms with Crippen molar-refractivity contribution < 1.29 is 13.9 Å². The van der Waals surface area contributed by atoms with Gasteiger partial charge in [-0.15, -0.1) is 0 Å². The monoisotopic (exact) mass is 508 g/mol. The summed E-state index contributed by atoms with van der Waals surface area (Å²) in [6, 6.07) is 16.9. The van der Waals surface area contributed by atoms with Crippen LogP contribution in [0.15, 0.2) is 67.4 Å². The highest BCUT2D eigenvalue weighted by Crippen LogP contribution is 2.55. The van der Waals surface area contributed by atoms with Crippen molar-refractivity contribution in [2.45, 2.75) is 45.4 Å². The molecule has 6 rings (SSSR count). The Hall–Kier alpha value is -4.23. The van der Waals surface area contributed by atoms with E-state index in [1.165, 1.54) is 17.7 Å². The van der Waals surface area contributed by atoms with Gasteiger partial charge < -0.3 is 21.0 Å². The zero-order valence-corrected chi connectivity index (χ0v) is 21.6. The average Bonchev–Trinajstić information content (AvgIpc) is 3.44. The lowest BCUT2D eigenvalue weighted by Crippen LogP contribution is -2.29. The summed E-state index contributed by atoms with van der Waals surface area (Å²) in [5, 5.41) is 15.8. The highest BCUT2D eigenvalue weighted by Gasteiger charge is 2.43. The highest BCUT2D eigenvalue weighted by molar-refractivity contribution is 5.68. The number of ether oxygens (including phenoxy) is 1. The van der Waals surface area contributed by atoms with Crippen molar-refractivity contribution in [2.24, 2.45) is 0 Å². The normalized spacial score (nSPS) is 17.0. The molecule has 0 spiro atoms. The first-order valence-electron chi connectivity index (χ1n) is 12.7. The molecular weight excluding hydrogens is 479 g/mol. The van der Waals surface area contributed by atoms with Crippen LogP contribution in [0.2, 0.25) is 0 Å². The molecular formula is C31H29FN4O2. The van der Waals surface area contributed by atoms with Crippen LogP contribution < -0.4 is 15.8 Å². The number of nitrogens with zero attached hydrogens (tertiary/aromatic N) is 2. The Morgan fingerprint density at radius 3 is 2.53 bits per heavy atom. The smallest absolute Gasteiger partial charge is 0.223 e. The van der Waals surface area contributed by atoms with E-state index in [-0.39, 0.29) is 12.2 Å². The van der Waals surface area contributed by atoms with Gasteiger partial charge in [-0.05, 0) is 82.1 Å². The van der Waals surface area contributed by atoms with Crippen LogP contribution in [0.5, 0.6) is 0 Å². The number of nitrogens with one attached hydrogen (secondary N) is 1. The molecule has 192 valence electrons. The number of nitrogen functional groups attached to an aromatic ring is 1. The van der Waals surface area contributed by atoms with E-state index in [0.717, 1.165) is 56.5 Å². The molecule has 3 N–H and O–H groups in total. The van der Waals surface area contributed by atoms with Crippen molar-refractivity contribution in [3.8, 4) is 11.3 Å². The summed E-state index contributed by atoms with van der Waals surface area (Å²) in [7, 11) is 0. The van der Waals surface area contributed by atoms with Crippen LogP contribution in [-0.2, 0) is 11.3 Å². The SMILES string of the molecule is C=C(NCc1c(C(C)C)cc(N)nc1C)c1ccc2c(c1)[C@@H]1O[C@H]2c2ccc(-c3ccc(F)c[n+]3[O-])cc21. The molecule has 0 saturated carbocycles. The number of aromatic nitrogens is 2. The van der Waals surface area contributed by atoms with Gasteiger partial charge >= 0.3 is 0 Å². The summed E-state index contributed by atoms with van der Waals surface area (Å²) in [4.78, 5) is 4.45. The van der Waals surface area contributed by atoms with Gasteiger partial charge in [0.05, 0.1) is 0 Å². The van der Waals surface area contributed by atoms with E-state index in [2.05, 4.69) is 48.9 Å². The second-order valence-electron chi connectivity index (χ2n) is 10.3. The number of anilines is 1. The van der Waals surface area contributed by atoms with Gasteiger partial charge in [0.1, 0.15) is 18.0 Å². The number of pyridine rings is 2. The Morgan fingerprint density at radius 2 is 1.79 bits per heavy atom. The number of hydrogen-bond acceptors (Lipinski definition) is 5. The Balaban J connectivity index is 1.26. The van der Waals surface area contributed by atoms with E-state index in [9.17, 15) is 9.60 Å². The van der Waals surface area contributed by atoms with Crippen LogP contribution in [0, 0.1) is 17.9 Å². The minimum atomic E-state index is -0.564. The molecule has 0 fully saturated rings. The maximum atomic E-state index is 13.5. The number of nitrogens with two attached hydrogens (primary N) is 1. The lowest BCUT2D eigenvalue weighted by Gasteiger charge is -2.20. The van der Waals surface area contributed by atoms with Crippen LogP contribution in [0.1, 0.15) is 76.6 Å². The Labute approximate surface area is 221 Å². The van der Waals surface area contributed by atoms with Gasteiger partial charge in [0.15, 0.2) is 5.82 Å². The summed E-state index contributed by atoms with van der Waals surface area (Å²) in [6.45, 7) is 11.2. The third-order valence-electron chi connectivity index (χ3n) is 7.58. The maximum Gasteiger partial charge on any atom is 0.223 e. The molecule has 0 unspecified atom stereocenters. The topological polar surface area (TPSA) is 87.1 Å². The molecule has 2 aliphatic heterocycles. The van der Waals surface area contributed by atoms with Crippen LogP contribution >= 0.6 is 0 Å². The molecule has 0 amide bonds. The van der Waals surface area contributed by atoms with Crippen LogP contribution in [0.25, 0.3) is 17.0 Å². The predicted molar refractivity (Wildman–Crippen MR) is 145 cm³/mol. The number of hydrogen-bond donors (Lipinski definition) is 2. The largest absolute Gasteiger partial charge is 0.618 e. The van der Waals surface area contributed by atoms with Crippen molar-refractivity contribution in [3.63, 3.8) is 0 Å². The van der Waals surface area contributed by atoms with Crippen LogP contribution in [0.4, 0.5) is 10.2 Å². The first-order valence-corrected chi connectivity index (χ1v) is 12.7. The molecule has 2 bridgehead atoms. The van der Waals surface area contributed by atoms with E-state index in [1.54, 1.807) is 0 Å². The fraction of sp³-hybridized carbons (Fsp3) is 0.226. The average molecular weight is 509 g/mol. The summed E-state index contributed by atoms with van der Waals surface area (Å²) in [5.41, 5.74) is 16.5. The molecule has 7 heteroatoms. The third-order valence-corrected chi connectivity index (χ3v) is 7.58. The summed E-state index contributed by atoms with van der Waals surface area (Å²) in [6.07, 6.45) is 0.575. The van der Waals surface area contributed by atoms with Crippen molar-refractivity contribution in [1.82, 2.24) is 10.3 Å². The fourth-order valence-corrected chi connectivity index (χ4v) is 5.66. The first kappa shape index (κ1) is 24.1. The molecule has 2 aliphatic rings. The van der Waals surface area contributed by atoms with E-state index >= 15 is 0 Å². The zero-order valence-electron chi connectivity index (χ0n) is 21.6. The van der Waals surface area contributed by atoms with Gasteiger partial charge in [-0.1, -0.05) is 38.6 Å². The second-order valence-corrected chi connectivity index (χ2v) is 10.3. The predicted octanol–water partition coefficient (Wildman–Crippen LogP) is 5.82. The van der Waals surface area contributed by atoms with Crippen molar-refractivity contribution >= 4 is 11.5 Å². The molecule has 4 aromatic rings. The Kier molecular flexibility index (Phi) is 5.69. The zero-order chi connectivity index (χ0) is 26.7. The van der Waals surface area contributed by atoms with Gasteiger partial charge in [-0.3, -0.25) is 0 Å². The first-order chi connectivity index (χ1) is 18.2. The minimum absolute atomic E-state index is 0.140. The van der Waals surface area contributed by atoms with Gasteiger partial charge in [-0.2, -0.15) is 4.73 Å². The van der Waals surface area contributed by atoms with E-state index < -0.39 is 5.82 Å². The molecule has 0 aliphatic carbocycles. The number of rotatable bonds is 6. The molecule has 0 radical (unpaired) electrons. The number of aryl methyl sites for hydroxylation is 1. The van der Waals surface area contributed by atoms with Gasteiger partial charge in [0, 0.05) is 29.6 Å². The number of halogens is 1. The van der Waals surface area contributed by atoms with E-state index in [0.29, 0.717) is 28.7 Å². The molecule has 4 heterocycles. The summed E-state index contributed by atoms with van der Waals surface area (Å²) in [5.74, 6) is 0.300. The molecule has 2 aromatic heterocycles. The minimum Gasteiger partial charge on any atom is -0.618 e. The van der Waals surface area contributed by atoms with Crippen LogP contribution in [-0.4, -0.2) is 4.98 Å². The molecule has 6 nitrogen and oxygen atoms in total. The lowest BCUT2D eigenvalue weighted by molar-refractivity contribution is -0.595. The van der Waals surface area contributed by atoms with Gasteiger partial charge in [0.25, 0.3) is 0 Å². The van der Waals surface area contributed by atoms with E-state index in [1.807, 2.05) is 31.2 Å². The number of benzene rings is 2. The summed E-state index contributed by atoms with van der Waals surface area (Å²) >= 11 is 0. The lowest BCUT2D eigenvalue weighted by atomic mass is 9.84. The fourth-order valence-electron chi connectivity index (χ4n) is 5.66. The molecule has 38 heavy (non-hydrogen) atoms. The quantitative estimate of drug-likeness (QED) is 0.253. The van der Waals surface area contributed by atoms with Crippen molar-refractivity contribution in [1.29, 1.82) is 0 Å². The van der Waals surface area contributed by atoms with Gasteiger partial charge in [0.2, 0.25) is 11.9 Å². The van der Waals surface area contributed by atoms with Crippen LogP contribution in [0.3, 0.4) is 0 Å². The molecule has 0 saturated heterocycles. The Morgan fingerprint density at radius 1 is 1.08 bits per heavy atom. The van der Waals surface area contributed by atoms with Crippen molar-refractivity contribution in [3.05, 3.63) is 123 Å². The Bertz CT molecular complexity index is 1610. The standard InChI is InChI=1S/C31H29FN4O2/c1-16(2)24-13-29(33)35-18(4)27(24)14-34-17(3)19-5-8-22-25(11-19)31-26-12-20(6-9-23(26)30(22)38-31)28-10-7-21(32)15-36(28)37/h5-13,15-16,30-31,34H,3,14H2,1-2,4H3,(H2,33,35)/t30-,31+/m1/s1. The summed E-state index contributed by atoms with van der Waals surface area (Å²) < 4.78 is 20.4. The second kappa shape index (κ2) is 8.96. The van der Waals surface area contributed by atoms with E-state index in [4.69, 9.17) is 10.5 Å². The van der Waals surface area contributed by atoms with Crippen molar-refractivity contribution in [2.75, 3.05) is 5.73 Å². The molecule has 2 atom stereocenters. The highest BCUT2D eigenvalue weighted by atomic mass is 19.1. The van der Waals surface area contributed by atoms with Gasteiger partial charge in [-0.25, -0.2) is 9.37 Å². The molecule has 2 aromatic carbocycles.